The average molecular weight is 263 g/mol. The van der Waals surface area contributed by atoms with Crippen LogP contribution >= 0.6 is 0 Å². The molecule has 1 rings (SSSR count). The Kier molecular flexibility index (Phi) is 7.01. The first-order valence-corrected chi connectivity index (χ1v) is 7.18. The van der Waals surface area contributed by atoms with Crippen LogP contribution in [0.4, 0.5) is 5.69 Å². The van der Waals surface area contributed by atoms with Crippen LogP contribution in [0.25, 0.3) is 0 Å². The minimum Gasteiger partial charge on any atom is -0.494 e. The van der Waals surface area contributed by atoms with Crippen molar-refractivity contribution in [2.75, 3.05) is 12.3 Å². The number of anilines is 1. The number of ketones is 1. The fraction of sp³-hybridized carbons (Fsp3) is 0.562. The lowest BCUT2D eigenvalue weighted by Crippen LogP contribution is -2.02. The van der Waals surface area contributed by atoms with E-state index in [1.54, 1.807) is 12.1 Å². The van der Waals surface area contributed by atoms with E-state index in [1.165, 1.54) is 39.0 Å². The van der Waals surface area contributed by atoms with Crippen LogP contribution < -0.4 is 10.5 Å². The number of unbranched alkanes of at least 4 members (excludes halogenated alkanes) is 5. The fourth-order valence-corrected chi connectivity index (χ4v) is 2.02. The molecule has 0 amide bonds. The molecular formula is C16H25NO2. The molecule has 0 fully saturated rings. The molecule has 2 N–H and O–H groups in total. The van der Waals surface area contributed by atoms with Gasteiger partial charge in [-0.05, 0) is 25.5 Å². The van der Waals surface area contributed by atoms with E-state index in [-0.39, 0.29) is 5.78 Å². The molecule has 0 unspecified atom stereocenters. The SMILES string of the molecule is CCCCCCCCOc1ccc(C(C)=O)c(N)c1. The van der Waals surface area contributed by atoms with Gasteiger partial charge in [-0.15, -0.1) is 0 Å². The normalized spacial score (nSPS) is 10.4. The van der Waals surface area contributed by atoms with Gasteiger partial charge in [0.05, 0.1) is 6.61 Å². The number of hydrogen-bond donors (Lipinski definition) is 1. The van der Waals surface area contributed by atoms with Crippen LogP contribution in [0.15, 0.2) is 18.2 Å². The first-order valence-electron chi connectivity index (χ1n) is 7.18. The molecule has 0 spiro atoms. The fourth-order valence-electron chi connectivity index (χ4n) is 2.02. The molecule has 0 bridgehead atoms. The second kappa shape index (κ2) is 8.57. The van der Waals surface area contributed by atoms with Gasteiger partial charge in [-0.2, -0.15) is 0 Å². The van der Waals surface area contributed by atoms with Crippen LogP contribution in [-0.2, 0) is 0 Å². The van der Waals surface area contributed by atoms with Crippen molar-refractivity contribution in [3.8, 4) is 5.75 Å². The summed E-state index contributed by atoms with van der Waals surface area (Å²) in [5, 5.41) is 0. The smallest absolute Gasteiger partial charge is 0.161 e. The maximum atomic E-state index is 11.2. The number of carbonyl (C=O) groups is 1. The van der Waals surface area contributed by atoms with Crippen molar-refractivity contribution in [3.63, 3.8) is 0 Å². The number of nitrogen functional groups attached to an aromatic ring is 1. The molecule has 0 aliphatic heterocycles. The Morgan fingerprint density at radius 3 is 2.47 bits per heavy atom. The summed E-state index contributed by atoms with van der Waals surface area (Å²) in [7, 11) is 0. The zero-order valence-corrected chi connectivity index (χ0v) is 12.1. The Bertz CT molecular complexity index is 402. The molecule has 3 heteroatoms. The predicted octanol–water partition coefficient (Wildman–Crippen LogP) is 4.21. The number of nitrogens with two attached hydrogens (primary N) is 1. The van der Waals surface area contributed by atoms with Crippen LogP contribution in [0.3, 0.4) is 0 Å². The zero-order valence-electron chi connectivity index (χ0n) is 12.1. The minimum atomic E-state index is -0.0139. The second-order valence-electron chi connectivity index (χ2n) is 4.92. The Morgan fingerprint density at radius 2 is 1.84 bits per heavy atom. The van der Waals surface area contributed by atoms with Crippen LogP contribution in [0.5, 0.6) is 5.75 Å². The average Bonchev–Trinajstić information content (AvgIpc) is 2.37. The van der Waals surface area contributed by atoms with Crippen molar-refractivity contribution in [2.24, 2.45) is 0 Å². The predicted molar refractivity (Wildman–Crippen MR) is 79.7 cm³/mol. The number of ether oxygens (including phenoxy) is 1. The van der Waals surface area contributed by atoms with Gasteiger partial charge in [0.2, 0.25) is 0 Å². The van der Waals surface area contributed by atoms with Crippen LogP contribution in [0, 0.1) is 0 Å². The maximum absolute atomic E-state index is 11.2. The third kappa shape index (κ3) is 5.77. The van der Waals surface area contributed by atoms with Crippen molar-refractivity contribution in [3.05, 3.63) is 23.8 Å². The van der Waals surface area contributed by atoms with Gasteiger partial charge in [0.1, 0.15) is 5.75 Å². The number of hydrogen-bond acceptors (Lipinski definition) is 3. The van der Waals surface area contributed by atoms with Crippen LogP contribution in [0.1, 0.15) is 62.7 Å². The Hall–Kier alpha value is -1.51. The summed E-state index contributed by atoms with van der Waals surface area (Å²) in [4.78, 5) is 11.2. The molecule has 0 atom stereocenters. The highest BCUT2D eigenvalue weighted by Gasteiger charge is 2.05. The highest BCUT2D eigenvalue weighted by molar-refractivity contribution is 5.99. The summed E-state index contributed by atoms with van der Waals surface area (Å²) in [6.45, 7) is 4.45. The summed E-state index contributed by atoms with van der Waals surface area (Å²) in [5.74, 6) is 0.732. The lowest BCUT2D eigenvalue weighted by molar-refractivity contribution is 0.101. The van der Waals surface area contributed by atoms with Crippen molar-refractivity contribution < 1.29 is 9.53 Å². The van der Waals surface area contributed by atoms with Gasteiger partial charge in [-0.1, -0.05) is 39.0 Å². The van der Waals surface area contributed by atoms with E-state index >= 15 is 0 Å². The highest BCUT2D eigenvalue weighted by Crippen LogP contribution is 2.20. The van der Waals surface area contributed by atoms with Crippen molar-refractivity contribution in [1.29, 1.82) is 0 Å². The molecule has 1 aromatic rings. The molecule has 19 heavy (non-hydrogen) atoms. The molecule has 0 saturated carbocycles. The number of benzene rings is 1. The largest absolute Gasteiger partial charge is 0.494 e. The third-order valence-electron chi connectivity index (χ3n) is 3.17. The second-order valence-corrected chi connectivity index (χ2v) is 4.92. The van der Waals surface area contributed by atoms with Gasteiger partial charge in [-0.3, -0.25) is 4.79 Å². The lowest BCUT2D eigenvalue weighted by atomic mass is 10.1. The van der Waals surface area contributed by atoms with Gasteiger partial charge in [-0.25, -0.2) is 0 Å². The van der Waals surface area contributed by atoms with Crippen molar-refractivity contribution in [2.45, 2.75) is 52.4 Å². The Labute approximate surface area is 116 Å². The van der Waals surface area contributed by atoms with Gasteiger partial charge in [0.25, 0.3) is 0 Å². The summed E-state index contributed by atoms with van der Waals surface area (Å²) >= 11 is 0. The van der Waals surface area contributed by atoms with Crippen molar-refractivity contribution in [1.82, 2.24) is 0 Å². The number of carbonyl (C=O) groups excluding carboxylic acids is 1. The quantitative estimate of drug-likeness (QED) is 0.412. The maximum Gasteiger partial charge on any atom is 0.161 e. The monoisotopic (exact) mass is 263 g/mol. The molecule has 0 aliphatic rings. The lowest BCUT2D eigenvalue weighted by Gasteiger charge is -2.08. The third-order valence-corrected chi connectivity index (χ3v) is 3.17. The van der Waals surface area contributed by atoms with E-state index in [0.717, 1.165) is 12.2 Å². The summed E-state index contributed by atoms with van der Waals surface area (Å²) in [5.41, 5.74) is 6.86. The van der Waals surface area contributed by atoms with Gasteiger partial charge in [0, 0.05) is 17.3 Å². The summed E-state index contributed by atoms with van der Waals surface area (Å²) in [6, 6.07) is 5.27. The number of rotatable bonds is 9. The van der Waals surface area contributed by atoms with E-state index in [1.807, 2.05) is 6.07 Å². The number of Topliss-reactive ketones (excluding diaryl/α,β-unsaturated/α-hetero) is 1. The van der Waals surface area contributed by atoms with Gasteiger partial charge >= 0.3 is 0 Å². The topological polar surface area (TPSA) is 52.3 Å². The molecule has 0 saturated heterocycles. The molecule has 1 aromatic carbocycles. The molecule has 0 radical (unpaired) electrons. The van der Waals surface area contributed by atoms with E-state index < -0.39 is 0 Å². The zero-order chi connectivity index (χ0) is 14.1. The molecule has 106 valence electrons. The highest BCUT2D eigenvalue weighted by atomic mass is 16.5. The molecule has 0 aliphatic carbocycles. The van der Waals surface area contributed by atoms with E-state index in [0.29, 0.717) is 17.9 Å². The Balaban J connectivity index is 2.26. The van der Waals surface area contributed by atoms with E-state index in [2.05, 4.69) is 6.92 Å². The standard InChI is InChI=1S/C16H25NO2/c1-3-4-5-6-7-8-11-19-14-9-10-15(13(2)18)16(17)12-14/h9-10,12H,3-8,11,17H2,1-2H3. The van der Waals surface area contributed by atoms with Gasteiger partial charge in [0.15, 0.2) is 5.78 Å². The Morgan fingerprint density at radius 1 is 1.16 bits per heavy atom. The van der Waals surface area contributed by atoms with E-state index in [9.17, 15) is 4.79 Å². The van der Waals surface area contributed by atoms with E-state index in [4.69, 9.17) is 10.5 Å². The van der Waals surface area contributed by atoms with Gasteiger partial charge < -0.3 is 10.5 Å². The van der Waals surface area contributed by atoms with Crippen molar-refractivity contribution >= 4 is 11.5 Å². The molecule has 0 aromatic heterocycles. The first-order chi connectivity index (χ1) is 9.15. The summed E-state index contributed by atoms with van der Waals surface area (Å²) in [6.07, 6.45) is 7.47. The molecule has 3 nitrogen and oxygen atoms in total. The van der Waals surface area contributed by atoms with Crippen LogP contribution in [-0.4, -0.2) is 12.4 Å². The summed E-state index contributed by atoms with van der Waals surface area (Å²) < 4.78 is 5.64. The molecular weight excluding hydrogens is 238 g/mol. The van der Waals surface area contributed by atoms with Crippen LogP contribution in [0.2, 0.25) is 0 Å². The molecule has 0 heterocycles. The minimum absolute atomic E-state index is 0.0139. The first kappa shape index (κ1) is 15.5.